The first-order chi connectivity index (χ1) is 12.9. The molecule has 0 aliphatic carbocycles. The number of aliphatic carboxylic acids is 1. The number of hydrogen-bond acceptors (Lipinski definition) is 2. The SMILES string of the molecule is Cc1cc(C)c2nccc(-c3c(C)n(CC(=O)O)c4ccc(C)cc34)c2c1. The molecule has 0 aliphatic rings. The standard InChI is InChI=1S/C23H22N2O2/c1-13-5-6-20-19(10-13)22(16(4)25(20)12-21(26)27)17-7-8-24-23-15(3)9-14(2)11-18(17)23/h5-11H,12H2,1-4H3,(H,26,27). The van der Waals surface area contributed by atoms with E-state index in [1.807, 2.05) is 35.9 Å². The highest BCUT2D eigenvalue weighted by atomic mass is 16.4. The summed E-state index contributed by atoms with van der Waals surface area (Å²) in [5.74, 6) is -0.839. The van der Waals surface area contributed by atoms with E-state index in [4.69, 9.17) is 0 Å². The van der Waals surface area contributed by atoms with Crippen LogP contribution >= 0.6 is 0 Å². The van der Waals surface area contributed by atoms with E-state index in [0.717, 1.165) is 49.8 Å². The van der Waals surface area contributed by atoms with E-state index in [2.05, 4.69) is 44.0 Å². The summed E-state index contributed by atoms with van der Waals surface area (Å²) in [6, 6.07) is 12.5. The number of aryl methyl sites for hydroxylation is 3. The Kier molecular flexibility index (Phi) is 3.99. The summed E-state index contributed by atoms with van der Waals surface area (Å²) in [5, 5.41) is 11.6. The van der Waals surface area contributed by atoms with Gasteiger partial charge in [0.15, 0.2) is 0 Å². The molecule has 2 aromatic heterocycles. The molecule has 0 saturated heterocycles. The van der Waals surface area contributed by atoms with Crippen molar-refractivity contribution in [3.8, 4) is 11.1 Å². The molecule has 4 aromatic rings. The molecule has 0 saturated carbocycles. The molecule has 0 fully saturated rings. The van der Waals surface area contributed by atoms with Crippen LogP contribution in [0.25, 0.3) is 32.9 Å². The van der Waals surface area contributed by atoms with Crippen LogP contribution in [0, 0.1) is 27.7 Å². The van der Waals surface area contributed by atoms with E-state index >= 15 is 0 Å². The van der Waals surface area contributed by atoms with Crippen molar-refractivity contribution in [1.82, 2.24) is 9.55 Å². The van der Waals surface area contributed by atoms with Gasteiger partial charge in [-0.15, -0.1) is 0 Å². The van der Waals surface area contributed by atoms with Gasteiger partial charge >= 0.3 is 5.97 Å². The number of benzene rings is 2. The normalized spacial score (nSPS) is 11.4. The number of carboxylic acids is 1. The summed E-state index contributed by atoms with van der Waals surface area (Å²) in [6.07, 6.45) is 1.84. The lowest BCUT2D eigenvalue weighted by molar-refractivity contribution is -0.137. The number of fused-ring (bicyclic) bond motifs is 2. The van der Waals surface area contributed by atoms with Crippen LogP contribution in [0.1, 0.15) is 22.4 Å². The van der Waals surface area contributed by atoms with Gasteiger partial charge in [-0.3, -0.25) is 9.78 Å². The van der Waals surface area contributed by atoms with Crippen molar-refractivity contribution in [2.75, 3.05) is 0 Å². The minimum Gasteiger partial charge on any atom is -0.480 e. The van der Waals surface area contributed by atoms with Gasteiger partial charge in [0.05, 0.1) is 5.52 Å². The van der Waals surface area contributed by atoms with Gasteiger partial charge in [-0.05, 0) is 63.1 Å². The quantitative estimate of drug-likeness (QED) is 0.549. The van der Waals surface area contributed by atoms with E-state index in [1.165, 1.54) is 5.56 Å². The third-order valence-electron chi connectivity index (χ3n) is 5.22. The van der Waals surface area contributed by atoms with Crippen molar-refractivity contribution in [2.24, 2.45) is 0 Å². The van der Waals surface area contributed by atoms with Crippen LogP contribution in [0.4, 0.5) is 0 Å². The molecule has 1 N–H and O–H groups in total. The van der Waals surface area contributed by atoms with Gasteiger partial charge in [-0.2, -0.15) is 0 Å². The zero-order valence-electron chi connectivity index (χ0n) is 16.0. The maximum absolute atomic E-state index is 11.4. The summed E-state index contributed by atoms with van der Waals surface area (Å²) in [5.41, 5.74) is 8.59. The Balaban J connectivity index is 2.14. The minimum atomic E-state index is -0.839. The zero-order chi connectivity index (χ0) is 19.3. The van der Waals surface area contributed by atoms with Crippen molar-refractivity contribution in [2.45, 2.75) is 34.2 Å². The first kappa shape index (κ1) is 17.3. The average Bonchev–Trinajstić information content (AvgIpc) is 2.85. The molecule has 2 heterocycles. The first-order valence-corrected chi connectivity index (χ1v) is 9.04. The van der Waals surface area contributed by atoms with Crippen LogP contribution in [0.2, 0.25) is 0 Å². The predicted octanol–water partition coefficient (Wildman–Crippen LogP) is 5.17. The number of pyridine rings is 1. The Bertz CT molecular complexity index is 1220. The molecule has 27 heavy (non-hydrogen) atoms. The molecule has 2 aromatic carbocycles. The van der Waals surface area contributed by atoms with Crippen molar-refractivity contribution in [1.29, 1.82) is 0 Å². The topological polar surface area (TPSA) is 55.1 Å². The van der Waals surface area contributed by atoms with Crippen LogP contribution in [-0.4, -0.2) is 20.6 Å². The average molecular weight is 358 g/mol. The highest BCUT2D eigenvalue weighted by molar-refractivity contribution is 6.06. The third-order valence-corrected chi connectivity index (χ3v) is 5.22. The molecule has 0 aliphatic heterocycles. The Labute approximate surface area is 158 Å². The highest BCUT2D eigenvalue weighted by Gasteiger charge is 2.19. The van der Waals surface area contributed by atoms with Crippen molar-refractivity contribution < 1.29 is 9.90 Å². The smallest absolute Gasteiger partial charge is 0.323 e. The van der Waals surface area contributed by atoms with Crippen molar-refractivity contribution in [3.05, 3.63) is 65.0 Å². The van der Waals surface area contributed by atoms with Crippen LogP contribution in [-0.2, 0) is 11.3 Å². The van der Waals surface area contributed by atoms with Crippen LogP contribution in [0.15, 0.2) is 42.6 Å². The molecule has 0 unspecified atom stereocenters. The summed E-state index contributed by atoms with van der Waals surface area (Å²) in [4.78, 5) is 16.0. The Morgan fingerprint density at radius 1 is 1.00 bits per heavy atom. The van der Waals surface area contributed by atoms with Gasteiger partial charge in [0.1, 0.15) is 6.54 Å². The van der Waals surface area contributed by atoms with E-state index in [9.17, 15) is 9.90 Å². The van der Waals surface area contributed by atoms with Gasteiger partial charge in [0, 0.05) is 33.7 Å². The van der Waals surface area contributed by atoms with E-state index in [-0.39, 0.29) is 6.54 Å². The van der Waals surface area contributed by atoms with Gasteiger partial charge < -0.3 is 9.67 Å². The van der Waals surface area contributed by atoms with Crippen LogP contribution in [0.3, 0.4) is 0 Å². The lowest BCUT2D eigenvalue weighted by Gasteiger charge is -2.11. The molecule has 0 radical (unpaired) electrons. The largest absolute Gasteiger partial charge is 0.480 e. The fourth-order valence-electron chi connectivity index (χ4n) is 4.11. The number of nitrogens with zero attached hydrogens (tertiary/aromatic N) is 2. The number of carbonyl (C=O) groups is 1. The Morgan fingerprint density at radius 2 is 1.74 bits per heavy atom. The van der Waals surface area contributed by atoms with Gasteiger partial charge in [-0.25, -0.2) is 0 Å². The molecule has 0 spiro atoms. The molecule has 4 heteroatoms. The maximum atomic E-state index is 11.4. The van der Waals surface area contributed by atoms with Crippen LogP contribution < -0.4 is 0 Å². The summed E-state index contributed by atoms with van der Waals surface area (Å²) in [7, 11) is 0. The fourth-order valence-corrected chi connectivity index (χ4v) is 4.11. The van der Waals surface area contributed by atoms with E-state index in [0.29, 0.717) is 0 Å². The molecule has 0 amide bonds. The summed E-state index contributed by atoms with van der Waals surface area (Å²) in [6.45, 7) is 8.19. The molecular weight excluding hydrogens is 336 g/mol. The summed E-state index contributed by atoms with van der Waals surface area (Å²) >= 11 is 0. The second kappa shape index (κ2) is 6.23. The van der Waals surface area contributed by atoms with Gasteiger partial charge in [0.25, 0.3) is 0 Å². The summed E-state index contributed by atoms with van der Waals surface area (Å²) < 4.78 is 1.89. The highest BCUT2D eigenvalue weighted by Crippen LogP contribution is 2.39. The number of carboxylic acid groups (broad SMARTS) is 1. The van der Waals surface area contributed by atoms with E-state index < -0.39 is 5.97 Å². The lowest BCUT2D eigenvalue weighted by Crippen LogP contribution is -2.09. The molecular formula is C23H22N2O2. The third kappa shape index (κ3) is 2.78. The zero-order valence-corrected chi connectivity index (χ0v) is 16.0. The number of hydrogen-bond donors (Lipinski definition) is 1. The predicted molar refractivity (Wildman–Crippen MR) is 109 cm³/mol. The Hall–Kier alpha value is -3.14. The second-order valence-corrected chi connectivity index (χ2v) is 7.30. The molecule has 4 rings (SSSR count). The molecule has 0 bridgehead atoms. The fraction of sp³-hybridized carbons (Fsp3) is 0.217. The number of aromatic nitrogens is 2. The van der Waals surface area contributed by atoms with Crippen molar-refractivity contribution >= 4 is 27.8 Å². The maximum Gasteiger partial charge on any atom is 0.323 e. The first-order valence-electron chi connectivity index (χ1n) is 9.04. The van der Waals surface area contributed by atoms with E-state index in [1.54, 1.807) is 0 Å². The molecule has 0 atom stereocenters. The molecule has 4 nitrogen and oxygen atoms in total. The van der Waals surface area contributed by atoms with Gasteiger partial charge in [0.2, 0.25) is 0 Å². The van der Waals surface area contributed by atoms with Crippen molar-refractivity contribution in [3.63, 3.8) is 0 Å². The Morgan fingerprint density at radius 3 is 2.48 bits per heavy atom. The monoisotopic (exact) mass is 358 g/mol. The lowest BCUT2D eigenvalue weighted by atomic mass is 9.95. The van der Waals surface area contributed by atoms with Gasteiger partial charge in [-0.1, -0.05) is 23.3 Å². The minimum absolute atomic E-state index is 0.0491. The second-order valence-electron chi connectivity index (χ2n) is 7.30. The number of rotatable bonds is 3. The van der Waals surface area contributed by atoms with Crippen LogP contribution in [0.5, 0.6) is 0 Å². The molecule has 136 valence electrons.